The van der Waals surface area contributed by atoms with E-state index in [0.717, 1.165) is 11.1 Å². The summed E-state index contributed by atoms with van der Waals surface area (Å²) in [5.41, 5.74) is 14.6. The first-order valence-corrected chi connectivity index (χ1v) is 6.67. The van der Waals surface area contributed by atoms with Crippen LogP contribution in [-0.2, 0) is 6.54 Å². The number of benzene rings is 2. The highest BCUT2D eigenvalue weighted by Crippen LogP contribution is 2.25. The molecule has 0 radical (unpaired) electrons. The summed E-state index contributed by atoms with van der Waals surface area (Å²) in [6.07, 6.45) is 0. The first-order chi connectivity index (χ1) is 10.1. The van der Waals surface area contributed by atoms with Crippen LogP contribution in [0.2, 0.25) is 5.02 Å². The summed E-state index contributed by atoms with van der Waals surface area (Å²) in [6.45, 7) is 0.507. The van der Waals surface area contributed by atoms with Crippen molar-refractivity contribution < 1.29 is 0 Å². The molecule has 2 aromatic carbocycles. The van der Waals surface area contributed by atoms with Crippen LogP contribution >= 0.6 is 11.6 Å². The molecule has 0 fully saturated rings. The molecule has 0 saturated carbocycles. The molecule has 6 nitrogen and oxygen atoms in total. The molecule has 0 atom stereocenters. The topological polar surface area (TPSA) is 95.6 Å². The fourth-order valence-electron chi connectivity index (χ4n) is 2.10. The number of nitrogens with two attached hydrogens (primary N) is 2. The molecule has 4 N–H and O–H groups in total. The number of nitrogens with zero attached hydrogens (tertiary/aromatic N) is 4. The number of rotatable bonds is 3. The fraction of sp³-hybridized carbons (Fsp3) is 0.0714. The molecule has 0 saturated heterocycles. The number of hydrogen-bond acceptors (Lipinski definition) is 5. The molecule has 1 heterocycles. The molecule has 0 amide bonds. The normalized spacial score (nSPS) is 10.7. The Hall–Kier alpha value is -2.60. The molecule has 7 heteroatoms. The summed E-state index contributed by atoms with van der Waals surface area (Å²) in [6, 6.07) is 12.8. The van der Waals surface area contributed by atoms with Crippen LogP contribution < -0.4 is 11.5 Å². The van der Waals surface area contributed by atoms with Crippen LogP contribution in [0.15, 0.2) is 42.5 Å². The number of tetrazole rings is 1. The molecule has 106 valence electrons. The van der Waals surface area contributed by atoms with Gasteiger partial charge in [-0.15, -0.1) is 5.10 Å². The Morgan fingerprint density at radius 1 is 1.10 bits per heavy atom. The zero-order valence-corrected chi connectivity index (χ0v) is 11.8. The lowest BCUT2D eigenvalue weighted by atomic mass is 10.1. The Bertz CT molecular complexity index is 783. The van der Waals surface area contributed by atoms with E-state index in [4.69, 9.17) is 23.1 Å². The van der Waals surface area contributed by atoms with E-state index in [2.05, 4.69) is 15.5 Å². The van der Waals surface area contributed by atoms with Crippen LogP contribution in [0.5, 0.6) is 0 Å². The first kappa shape index (κ1) is 13.4. The van der Waals surface area contributed by atoms with Gasteiger partial charge in [0.15, 0.2) is 5.82 Å². The smallest absolute Gasteiger partial charge is 0.184 e. The van der Waals surface area contributed by atoms with Crippen LogP contribution in [0.4, 0.5) is 11.4 Å². The second kappa shape index (κ2) is 5.41. The molecule has 0 aliphatic heterocycles. The highest BCUT2D eigenvalue weighted by molar-refractivity contribution is 6.30. The van der Waals surface area contributed by atoms with E-state index in [0.29, 0.717) is 28.8 Å². The minimum absolute atomic E-state index is 0.507. The van der Waals surface area contributed by atoms with E-state index in [-0.39, 0.29) is 0 Å². The van der Waals surface area contributed by atoms with Crippen LogP contribution in [-0.4, -0.2) is 20.2 Å². The summed E-state index contributed by atoms with van der Waals surface area (Å²) in [7, 11) is 0. The number of halogens is 1. The van der Waals surface area contributed by atoms with Gasteiger partial charge in [0.25, 0.3) is 0 Å². The molecule has 3 rings (SSSR count). The van der Waals surface area contributed by atoms with Gasteiger partial charge in [-0.25, -0.2) is 4.68 Å². The van der Waals surface area contributed by atoms with Gasteiger partial charge in [0.2, 0.25) is 0 Å². The van der Waals surface area contributed by atoms with Gasteiger partial charge >= 0.3 is 0 Å². The third kappa shape index (κ3) is 2.80. The Labute approximate surface area is 126 Å². The zero-order valence-electron chi connectivity index (χ0n) is 11.1. The largest absolute Gasteiger partial charge is 0.399 e. The minimum Gasteiger partial charge on any atom is -0.399 e. The molecular weight excluding hydrogens is 288 g/mol. The lowest BCUT2D eigenvalue weighted by Crippen LogP contribution is -2.05. The lowest BCUT2D eigenvalue weighted by Gasteiger charge is -2.08. The quantitative estimate of drug-likeness (QED) is 0.723. The molecule has 0 unspecified atom stereocenters. The summed E-state index contributed by atoms with van der Waals surface area (Å²) in [5, 5.41) is 12.4. The predicted octanol–water partition coefficient (Wildman–Crippen LogP) is 2.21. The average molecular weight is 301 g/mol. The minimum atomic E-state index is 0.507. The van der Waals surface area contributed by atoms with Gasteiger partial charge in [0, 0.05) is 22.0 Å². The van der Waals surface area contributed by atoms with Crippen molar-refractivity contribution in [2.24, 2.45) is 0 Å². The van der Waals surface area contributed by atoms with Gasteiger partial charge in [-0.05, 0) is 46.3 Å². The SMILES string of the molecule is Nc1ccc(-c2nnnn2Cc2cccc(Cl)c2)c(N)c1. The first-order valence-electron chi connectivity index (χ1n) is 6.29. The summed E-state index contributed by atoms with van der Waals surface area (Å²) in [4.78, 5) is 0. The van der Waals surface area contributed by atoms with E-state index in [1.54, 1.807) is 16.8 Å². The summed E-state index contributed by atoms with van der Waals surface area (Å²) in [5.74, 6) is 0.590. The molecule has 1 aromatic heterocycles. The Morgan fingerprint density at radius 3 is 2.71 bits per heavy atom. The molecule has 0 aliphatic carbocycles. The van der Waals surface area contributed by atoms with E-state index in [9.17, 15) is 0 Å². The van der Waals surface area contributed by atoms with E-state index >= 15 is 0 Å². The van der Waals surface area contributed by atoms with Crippen molar-refractivity contribution in [3.8, 4) is 11.4 Å². The zero-order chi connectivity index (χ0) is 14.8. The Kier molecular flexibility index (Phi) is 3.45. The van der Waals surface area contributed by atoms with E-state index in [1.807, 2.05) is 30.3 Å². The lowest BCUT2D eigenvalue weighted by molar-refractivity contribution is 0.653. The maximum atomic E-state index is 5.99. The third-order valence-electron chi connectivity index (χ3n) is 3.07. The Balaban J connectivity index is 1.97. The second-order valence-corrected chi connectivity index (χ2v) is 5.07. The highest BCUT2D eigenvalue weighted by atomic mass is 35.5. The van der Waals surface area contributed by atoms with Crippen molar-refractivity contribution in [1.29, 1.82) is 0 Å². The van der Waals surface area contributed by atoms with E-state index < -0.39 is 0 Å². The fourth-order valence-corrected chi connectivity index (χ4v) is 2.31. The number of anilines is 2. The third-order valence-corrected chi connectivity index (χ3v) is 3.30. The van der Waals surface area contributed by atoms with Crippen molar-refractivity contribution in [2.45, 2.75) is 6.54 Å². The van der Waals surface area contributed by atoms with Crippen molar-refractivity contribution in [1.82, 2.24) is 20.2 Å². The van der Waals surface area contributed by atoms with Gasteiger partial charge < -0.3 is 11.5 Å². The van der Waals surface area contributed by atoms with Gasteiger partial charge in [-0.3, -0.25) is 0 Å². The molecule has 0 bridgehead atoms. The maximum absolute atomic E-state index is 5.99. The van der Waals surface area contributed by atoms with Crippen molar-refractivity contribution >= 4 is 23.0 Å². The molecule has 21 heavy (non-hydrogen) atoms. The van der Waals surface area contributed by atoms with Crippen LogP contribution in [0.1, 0.15) is 5.56 Å². The van der Waals surface area contributed by atoms with Crippen molar-refractivity contribution in [2.75, 3.05) is 11.5 Å². The predicted molar refractivity (Wildman–Crippen MR) is 82.6 cm³/mol. The molecule has 3 aromatic rings. The monoisotopic (exact) mass is 300 g/mol. The van der Waals surface area contributed by atoms with E-state index in [1.165, 1.54) is 0 Å². The number of nitrogen functional groups attached to an aromatic ring is 2. The maximum Gasteiger partial charge on any atom is 0.184 e. The van der Waals surface area contributed by atoms with Gasteiger partial charge in [-0.1, -0.05) is 23.7 Å². The van der Waals surface area contributed by atoms with Gasteiger partial charge in [-0.2, -0.15) is 0 Å². The molecular formula is C14H13ClN6. The standard InChI is InChI=1S/C14H13ClN6/c15-10-3-1-2-9(6-10)8-21-14(18-19-20-21)12-5-4-11(16)7-13(12)17/h1-7H,8,16-17H2. The Morgan fingerprint density at radius 2 is 1.95 bits per heavy atom. The molecule has 0 aliphatic rings. The van der Waals surface area contributed by atoms with Crippen molar-refractivity contribution in [3.05, 3.63) is 53.1 Å². The average Bonchev–Trinajstić information content (AvgIpc) is 2.87. The summed E-state index contributed by atoms with van der Waals surface area (Å²) < 4.78 is 1.67. The van der Waals surface area contributed by atoms with Crippen molar-refractivity contribution in [3.63, 3.8) is 0 Å². The van der Waals surface area contributed by atoms with Gasteiger partial charge in [0.1, 0.15) is 0 Å². The van der Waals surface area contributed by atoms with Crippen LogP contribution in [0.25, 0.3) is 11.4 Å². The second-order valence-electron chi connectivity index (χ2n) is 4.64. The highest BCUT2D eigenvalue weighted by Gasteiger charge is 2.12. The molecule has 0 spiro atoms. The van der Waals surface area contributed by atoms with Gasteiger partial charge in [0.05, 0.1) is 6.54 Å². The number of hydrogen-bond donors (Lipinski definition) is 2. The number of aromatic nitrogens is 4. The summed E-state index contributed by atoms with van der Waals surface area (Å²) >= 11 is 5.99. The van der Waals surface area contributed by atoms with Crippen LogP contribution in [0, 0.1) is 0 Å². The van der Waals surface area contributed by atoms with Crippen LogP contribution in [0.3, 0.4) is 0 Å².